The standard InChI is InChI=1S/C23H25ClN2O/c24-23-13-16-10-17(14-23)12-22(11-16,15-23)18-6-8-20(9-7-18)26-21(27)25-19-4-2-1-3-5-19/h1-9,16-17H,10-15H2,(H2,25,26,27)/t16-,17+,22?,23?. The summed E-state index contributed by atoms with van der Waals surface area (Å²) in [5, 5.41) is 5.77. The van der Waals surface area contributed by atoms with Gasteiger partial charge in [0.15, 0.2) is 0 Å². The van der Waals surface area contributed by atoms with Crippen molar-refractivity contribution in [3.05, 3.63) is 60.2 Å². The second-order valence-corrected chi connectivity index (χ2v) is 9.72. The maximum atomic E-state index is 12.2. The van der Waals surface area contributed by atoms with E-state index in [9.17, 15) is 4.79 Å². The molecular formula is C23H25ClN2O. The maximum absolute atomic E-state index is 12.2. The molecule has 2 aromatic rings. The van der Waals surface area contributed by atoms with Gasteiger partial charge >= 0.3 is 6.03 Å². The van der Waals surface area contributed by atoms with Gasteiger partial charge in [-0.05, 0) is 85.6 Å². The van der Waals surface area contributed by atoms with Crippen molar-refractivity contribution in [3.63, 3.8) is 0 Å². The monoisotopic (exact) mass is 380 g/mol. The van der Waals surface area contributed by atoms with E-state index in [1.165, 1.54) is 37.7 Å². The van der Waals surface area contributed by atoms with Gasteiger partial charge in [-0.1, -0.05) is 30.3 Å². The van der Waals surface area contributed by atoms with Gasteiger partial charge in [0.05, 0.1) is 0 Å². The third kappa shape index (κ3) is 3.23. The van der Waals surface area contributed by atoms with Crippen LogP contribution in [0.2, 0.25) is 0 Å². The molecule has 0 aliphatic heterocycles. The lowest BCUT2D eigenvalue weighted by atomic mass is 9.47. The number of halogens is 1. The number of amides is 2. The van der Waals surface area contributed by atoms with Crippen LogP contribution in [0.3, 0.4) is 0 Å². The molecule has 3 nitrogen and oxygen atoms in total. The SMILES string of the molecule is O=C(Nc1ccccc1)Nc1ccc(C23C[C@@H]4C[C@@H](CC(Cl)(C4)C2)C3)cc1. The summed E-state index contributed by atoms with van der Waals surface area (Å²) in [5.74, 6) is 1.58. The number of carbonyl (C=O) groups is 1. The van der Waals surface area contributed by atoms with Gasteiger partial charge in [-0.25, -0.2) is 4.79 Å². The molecule has 2 aromatic carbocycles. The van der Waals surface area contributed by atoms with Gasteiger partial charge in [0.1, 0.15) is 0 Å². The summed E-state index contributed by atoms with van der Waals surface area (Å²) in [6.45, 7) is 0. The molecule has 2 unspecified atom stereocenters. The summed E-state index contributed by atoms with van der Waals surface area (Å²) in [5.41, 5.74) is 3.25. The van der Waals surface area contributed by atoms with Crippen molar-refractivity contribution in [1.29, 1.82) is 0 Å². The Morgan fingerprint density at radius 2 is 1.44 bits per heavy atom. The number of hydrogen-bond acceptors (Lipinski definition) is 1. The lowest BCUT2D eigenvalue weighted by molar-refractivity contribution is 0.00900. The van der Waals surface area contributed by atoms with Crippen LogP contribution in [-0.2, 0) is 5.41 Å². The van der Waals surface area contributed by atoms with Gasteiger partial charge in [-0.2, -0.15) is 0 Å². The highest BCUT2D eigenvalue weighted by Crippen LogP contribution is 2.64. The first-order valence-corrected chi connectivity index (χ1v) is 10.3. The van der Waals surface area contributed by atoms with Crippen molar-refractivity contribution in [3.8, 4) is 0 Å². The summed E-state index contributed by atoms with van der Waals surface area (Å²) in [6.07, 6.45) is 7.43. The van der Waals surface area contributed by atoms with Gasteiger partial charge in [0.2, 0.25) is 0 Å². The van der Waals surface area contributed by atoms with E-state index >= 15 is 0 Å². The highest BCUT2D eigenvalue weighted by Gasteiger charge is 2.57. The van der Waals surface area contributed by atoms with Crippen molar-refractivity contribution >= 4 is 29.0 Å². The Kier molecular flexibility index (Phi) is 3.98. The lowest BCUT2D eigenvalue weighted by Gasteiger charge is -2.60. The van der Waals surface area contributed by atoms with Crippen molar-refractivity contribution < 1.29 is 4.79 Å². The number of anilines is 2. The minimum Gasteiger partial charge on any atom is -0.308 e. The Labute approximate surface area is 165 Å². The van der Waals surface area contributed by atoms with E-state index < -0.39 is 0 Å². The van der Waals surface area contributed by atoms with E-state index in [1.807, 2.05) is 42.5 Å². The molecule has 0 spiro atoms. The molecule has 0 aromatic heterocycles. The van der Waals surface area contributed by atoms with Crippen molar-refractivity contribution in [2.75, 3.05) is 10.6 Å². The summed E-state index contributed by atoms with van der Waals surface area (Å²) in [6, 6.07) is 17.7. The van der Waals surface area contributed by atoms with Crippen molar-refractivity contribution in [2.24, 2.45) is 11.8 Å². The zero-order valence-corrected chi connectivity index (χ0v) is 16.1. The van der Waals surface area contributed by atoms with E-state index in [-0.39, 0.29) is 16.3 Å². The van der Waals surface area contributed by atoms with Crippen LogP contribution in [0.5, 0.6) is 0 Å². The van der Waals surface area contributed by atoms with Gasteiger partial charge < -0.3 is 10.6 Å². The number of para-hydroxylation sites is 1. The zero-order valence-electron chi connectivity index (χ0n) is 15.4. The minimum absolute atomic E-state index is 0.0244. The van der Waals surface area contributed by atoms with Crippen LogP contribution in [0.1, 0.15) is 44.1 Å². The van der Waals surface area contributed by atoms with Crippen LogP contribution in [0.25, 0.3) is 0 Å². The molecule has 0 saturated heterocycles. The van der Waals surface area contributed by atoms with Crippen LogP contribution in [0.15, 0.2) is 54.6 Å². The first-order chi connectivity index (χ1) is 13.0. The quantitative estimate of drug-likeness (QED) is 0.615. The molecule has 4 aliphatic carbocycles. The first-order valence-electron chi connectivity index (χ1n) is 9.95. The van der Waals surface area contributed by atoms with E-state index in [0.717, 1.165) is 29.6 Å². The molecule has 4 heteroatoms. The largest absolute Gasteiger partial charge is 0.323 e. The Balaban J connectivity index is 1.30. The topological polar surface area (TPSA) is 41.1 Å². The molecule has 27 heavy (non-hydrogen) atoms. The molecule has 0 heterocycles. The minimum atomic E-state index is -0.219. The predicted octanol–water partition coefficient (Wildman–Crippen LogP) is 6.16. The summed E-state index contributed by atoms with van der Waals surface area (Å²) in [7, 11) is 0. The van der Waals surface area contributed by atoms with Crippen LogP contribution >= 0.6 is 11.6 Å². The second kappa shape index (κ2) is 6.27. The fourth-order valence-electron chi connectivity index (χ4n) is 6.21. The molecule has 4 aliphatic rings. The first kappa shape index (κ1) is 17.1. The normalized spacial score (nSPS) is 33.7. The number of urea groups is 1. The Morgan fingerprint density at radius 3 is 2.04 bits per heavy atom. The molecule has 4 saturated carbocycles. The van der Waals surface area contributed by atoms with Crippen molar-refractivity contribution in [2.45, 2.75) is 48.8 Å². The molecular weight excluding hydrogens is 356 g/mol. The Bertz CT molecular complexity index is 834. The highest BCUT2D eigenvalue weighted by molar-refractivity contribution is 6.24. The van der Waals surface area contributed by atoms with E-state index in [0.29, 0.717) is 0 Å². The smallest absolute Gasteiger partial charge is 0.308 e. The van der Waals surface area contributed by atoms with E-state index in [1.54, 1.807) is 0 Å². The van der Waals surface area contributed by atoms with Crippen LogP contribution in [0.4, 0.5) is 16.2 Å². The number of carbonyl (C=O) groups excluding carboxylic acids is 1. The summed E-state index contributed by atoms with van der Waals surface area (Å²) >= 11 is 6.98. The Hall–Kier alpha value is -2.00. The second-order valence-electron chi connectivity index (χ2n) is 8.91. The van der Waals surface area contributed by atoms with Crippen LogP contribution in [-0.4, -0.2) is 10.9 Å². The van der Waals surface area contributed by atoms with E-state index in [2.05, 4.69) is 22.8 Å². The zero-order chi connectivity index (χ0) is 18.5. The van der Waals surface area contributed by atoms with Gasteiger partial charge in [-0.3, -0.25) is 0 Å². The van der Waals surface area contributed by atoms with Crippen LogP contribution in [0, 0.1) is 11.8 Å². The molecule has 140 valence electrons. The third-order valence-corrected chi connectivity index (χ3v) is 7.22. The average Bonchev–Trinajstić information content (AvgIpc) is 2.61. The predicted molar refractivity (Wildman–Crippen MR) is 110 cm³/mol. The fraction of sp³-hybridized carbons (Fsp3) is 0.435. The lowest BCUT2D eigenvalue weighted by Crippen LogP contribution is -2.55. The average molecular weight is 381 g/mol. The molecule has 2 amide bonds. The molecule has 2 N–H and O–H groups in total. The molecule has 6 rings (SSSR count). The summed E-state index contributed by atoms with van der Waals surface area (Å²) < 4.78 is 0. The highest BCUT2D eigenvalue weighted by atomic mass is 35.5. The molecule has 4 atom stereocenters. The molecule has 4 fully saturated rings. The number of alkyl halides is 1. The number of benzene rings is 2. The maximum Gasteiger partial charge on any atom is 0.323 e. The number of rotatable bonds is 3. The van der Waals surface area contributed by atoms with Gasteiger partial charge in [0.25, 0.3) is 0 Å². The van der Waals surface area contributed by atoms with Crippen molar-refractivity contribution in [1.82, 2.24) is 0 Å². The molecule has 4 bridgehead atoms. The van der Waals surface area contributed by atoms with Crippen LogP contribution < -0.4 is 10.6 Å². The third-order valence-electron chi connectivity index (χ3n) is 6.78. The Morgan fingerprint density at radius 1 is 0.852 bits per heavy atom. The van der Waals surface area contributed by atoms with E-state index in [4.69, 9.17) is 11.6 Å². The van der Waals surface area contributed by atoms with Gasteiger partial charge in [0, 0.05) is 16.2 Å². The number of nitrogens with one attached hydrogen (secondary N) is 2. The number of hydrogen-bond donors (Lipinski definition) is 2. The fourth-order valence-corrected chi connectivity index (χ4v) is 6.90. The molecule has 0 radical (unpaired) electrons. The summed E-state index contributed by atoms with van der Waals surface area (Å²) in [4.78, 5) is 12.2. The van der Waals surface area contributed by atoms with Gasteiger partial charge in [-0.15, -0.1) is 11.6 Å².